The minimum atomic E-state index is -3.56. The van der Waals surface area contributed by atoms with Crippen molar-refractivity contribution < 1.29 is 92.4 Å². The molecule has 1 unspecified atom stereocenters. The first-order valence-electron chi connectivity index (χ1n) is 43.9. The third-order valence-electron chi connectivity index (χ3n) is 22.6. The molecule has 12 aromatic rings. The minimum absolute atomic E-state index is 0.00547. The first-order chi connectivity index (χ1) is 63.6. The van der Waals surface area contributed by atoms with Crippen molar-refractivity contribution in [2.45, 2.75) is 169 Å². The number of rotatable bonds is 21. The number of carbonyl (C=O) groups excluding carboxylic acids is 5. The number of ether oxygens (including phenoxy) is 2. The quantitative estimate of drug-likeness (QED) is 0.0698. The highest BCUT2D eigenvalue weighted by atomic mass is 32.3. The number of sulfone groups is 6. The molecule has 6 aliphatic rings. The van der Waals surface area contributed by atoms with Gasteiger partial charge in [0.2, 0.25) is 113 Å². The number of para-hydroxylation sites is 6. The Labute approximate surface area is 810 Å². The van der Waals surface area contributed by atoms with Gasteiger partial charge in [-0.2, -0.15) is 0 Å². The number of sulfonamides is 1. The van der Waals surface area contributed by atoms with Crippen molar-refractivity contribution in [1.82, 2.24) is 59.1 Å². The van der Waals surface area contributed by atoms with Crippen molar-refractivity contribution in [3.8, 4) is 0 Å². The summed E-state index contributed by atoms with van der Waals surface area (Å²) in [4.78, 5) is 90.5. The largest absolute Gasteiger partial charge is 0.444 e. The van der Waals surface area contributed by atoms with E-state index in [9.17, 15) is 82.9 Å². The predicted octanol–water partition coefficient (Wildman–Crippen LogP) is 14.2. The number of nitrogens with zero attached hydrogens (tertiary/aromatic N) is 11. The number of benzene rings is 6. The van der Waals surface area contributed by atoms with Crippen LogP contribution >= 0.6 is 68.0 Å². The van der Waals surface area contributed by atoms with Gasteiger partial charge >= 0.3 is 12.2 Å². The van der Waals surface area contributed by atoms with Crippen LogP contribution in [0.25, 0.3) is 61.3 Å². The second-order valence-electron chi connectivity index (χ2n) is 35.6. The van der Waals surface area contributed by atoms with Gasteiger partial charge in [-0.1, -0.05) is 79.7 Å². The average Bonchev–Trinajstić information content (AvgIpc) is 1.68. The van der Waals surface area contributed by atoms with Gasteiger partial charge in [-0.3, -0.25) is 14.4 Å². The lowest BCUT2D eigenvalue weighted by molar-refractivity contribution is -0.130. The van der Waals surface area contributed by atoms with Gasteiger partial charge < -0.3 is 34.4 Å². The van der Waals surface area contributed by atoms with Crippen molar-refractivity contribution >= 4 is 228 Å². The van der Waals surface area contributed by atoms with E-state index in [1.807, 2.05) is 155 Å². The third-order valence-corrected chi connectivity index (χ3v) is 44.6. The zero-order valence-electron chi connectivity index (χ0n) is 75.8. The molecule has 0 spiro atoms. The van der Waals surface area contributed by atoms with E-state index in [1.54, 1.807) is 60.6 Å². The highest BCUT2D eigenvalue weighted by molar-refractivity contribution is 7.95. The fraction of sp³-hybridized carbons (Fsp3) is 0.472. The molecule has 0 saturated carbocycles. The molecule has 6 saturated heterocycles. The predicted molar refractivity (Wildman–Crippen MR) is 528 cm³/mol. The van der Waals surface area contributed by atoms with E-state index in [-0.39, 0.29) is 132 Å². The van der Waals surface area contributed by atoms with Gasteiger partial charge in [-0.15, -0.1) is 68.0 Å². The molecule has 6 atom stereocenters. The van der Waals surface area contributed by atoms with Crippen LogP contribution in [0, 0.1) is 23.7 Å². The Morgan fingerprint density at radius 2 is 0.681 bits per heavy atom. The zero-order valence-corrected chi connectivity index (χ0v) is 86.4. The summed E-state index contributed by atoms with van der Waals surface area (Å²) in [7, 11) is -24.0. The molecule has 18 rings (SSSR count). The van der Waals surface area contributed by atoms with Crippen LogP contribution in [-0.4, -0.2) is 265 Å². The van der Waals surface area contributed by atoms with E-state index >= 15 is 0 Å². The molecule has 12 heterocycles. The topological polar surface area (TPSA) is 448 Å². The van der Waals surface area contributed by atoms with Crippen molar-refractivity contribution in [1.29, 1.82) is 0 Å². The van der Waals surface area contributed by atoms with Crippen molar-refractivity contribution in [3.63, 3.8) is 0 Å². The number of thiazole rings is 6. The number of hydrogen-bond acceptors (Lipinski definition) is 33. The molecule has 728 valence electrons. The standard InChI is InChI=1S/2C17H22N2O4S2.C15H18N2O3S2.C14H18N2O4S3.C14H16N2O3S2.C12H12N2O3S2/c1-17(2,3)23-16(20)19-10-6-7-12(19)11-25(21,22)15-18-13-8-4-5-9-14(13)24-15;1-17(2,3)23-16(20)19-9-8-12(10-19)11-25(21,22)15-18-13-6-4-5-7-14(13)24-15;1-2-14(18)17-8-7-11(9-17)10-22(19,20)15-16-12-5-3-4-6-13(12)21-15;1-2-23(19,20)16-8-7-11(9-16)10-22(17,18)14-15-12-5-3-4-6-13(12)21-14;1-10(17)16-7-6-11(8-16)9-21(18,19)14-15-12-4-2-3-5-13(12)20-14;15-11-6-5-8(13-11)7-19(16,17)12-14-9-3-1-2-4-10(9)18-12/h4-5,8-9,12H,6-7,10-11H2,1-3H3;4-7,12H,8-11H2,1-3H3;3-6,11H,2,7-10H2,1H3;3-6,11H,2,7-10H2,1H3;2-5,11H,6-9H2,1H3;1-4,8H,5-7H2,(H,13,15)/t2*12-;11-;;11-;8-/m100.00/s1. The second-order valence-corrected chi connectivity index (χ2v) is 57.3. The van der Waals surface area contributed by atoms with E-state index in [2.05, 4.69) is 35.2 Å². The van der Waals surface area contributed by atoms with E-state index < -0.39 is 86.3 Å². The molecule has 6 aromatic heterocycles. The lowest BCUT2D eigenvalue weighted by Gasteiger charge is -2.28. The maximum absolute atomic E-state index is 12.8. The van der Waals surface area contributed by atoms with Gasteiger partial charge in [0.1, 0.15) is 11.2 Å². The van der Waals surface area contributed by atoms with Crippen LogP contribution in [-0.2, 0) is 92.9 Å². The number of aromatic nitrogens is 6. The summed E-state index contributed by atoms with van der Waals surface area (Å²) in [5.74, 6) is -0.281. The molecule has 6 aliphatic heterocycles. The number of nitrogens with one attached hydrogen (secondary N) is 1. The van der Waals surface area contributed by atoms with Gasteiger partial charge in [0.25, 0.3) is 0 Å². The van der Waals surface area contributed by atoms with Gasteiger partial charge in [0.15, 0.2) is 0 Å². The van der Waals surface area contributed by atoms with E-state index in [0.29, 0.717) is 113 Å². The fourth-order valence-corrected chi connectivity index (χ4v) is 34.7. The number of fused-ring (bicyclic) bond motifs is 6. The Morgan fingerprint density at radius 3 is 1.00 bits per heavy atom. The molecule has 46 heteroatoms. The second kappa shape index (κ2) is 43.3. The number of carbonyl (C=O) groups is 5. The molecular weight excluding hydrogens is 1990 g/mol. The summed E-state index contributed by atoms with van der Waals surface area (Å²) in [5.41, 5.74) is 3.05. The Kier molecular flexibility index (Phi) is 33.2. The molecule has 0 bridgehead atoms. The first-order valence-corrected chi connectivity index (χ1v) is 60.3. The van der Waals surface area contributed by atoms with E-state index in [0.717, 1.165) is 58.5 Å². The normalized spacial score (nSPS) is 19.3. The summed E-state index contributed by atoms with van der Waals surface area (Å²) < 4.78 is 193. The molecule has 6 fully saturated rings. The number of amides is 5. The summed E-state index contributed by atoms with van der Waals surface area (Å²) in [6.45, 7) is 20.3. The van der Waals surface area contributed by atoms with Gasteiger partial charge in [-0.05, 0) is 190 Å². The Hall–Kier alpha value is -8.78. The van der Waals surface area contributed by atoms with Crippen LogP contribution in [0.4, 0.5) is 9.59 Å². The molecule has 135 heavy (non-hydrogen) atoms. The van der Waals surface area contributed by atoms with Crippen LogP contribution in [0.15, 0.2) is 172 Å². The average molecular weight is 2100 g/mol. The third kappa shape index (κ3) is 27.4. The molecule has 1 N–H and O–H groups in total. The zero-order chi connectivity index (χ0) is 97.4. The van der Waals surface area contributed by atoms with Crippen molar-refractivity contribution in [3.05, 3.63) is 146 Å². The van der Waals surface area contributed by atoms with Crippen molar-refractivity contribution in [2.75, 3.05) is 99.2 Å². The van der Waals surface area contributed by atoms with Gasteiger partial charge in [0, 0.05) is 90.8 Å². The monoisotopic (exact) mass is 2100 g/mol. The van der Waals surface area contributed by atoms with E-state index in [4.69, 9.17) is 9.47 Å². The van der Waals surface area contributed by atoms with Gasteiger partial charge in [0.05, 0.1) is 102 Å². The molecule has 5 amide bonds. The number of hydrogen-bond donors (Lipinski definition) is 1. The summed E-state index contributed by atoms with van der Waals surface area (Å²) in [6, 6.07) is 43.5. The molecule has 0 aliphatic carbocycles. The van der Waals surface area contributed by atoms with Crippen LogP contribution in [0.2, 0.25) is 0 Å². The lowest BCUT2D eigenvalue weighted by Crippen LogP contribution is -2.42. The Balaban J connectivity index is 0.000000137. The summed E-state index contributed by atoms with van der Waals surface area (Å²) in [5, 5.41) is 2.67. The van der Waals surface area contributed by atoms with Gasteiger partial charge in [-0.25, -0.2) is 103 Å². The van der Waals surface area contributed by atoms with Crippen LogP contribution < -0.4 is 5.32 Å². The lowest BCUT2D eigenvalue weighted by atomic mass is 10.2. The fourth-order valence-electron chi connectivity index (χ4n) is 16.0. The molecular formula is C89H108N12O21S13. The highest BCUT2D eigenvalue weighted by Crippen LogP contribution is 2.37. The van der Waals surface area contributed by atoms with Crippen molar-refractivity contribution in [2.24, 2.45) is 23.7 Å². The Morgan fingerprint density at radius 1 is 0.378 bits per heavy atom. The smallest absolute Gasteiger partial charge is 0.410 e. The van der Waals surface area contributed by atoms with E-state index in [1.165, 1.54) is 84.1 Å². The SMILES string of the molecule is CC(=O)N1CC[C@H](CS(=O)(=O)c2nc3ccccc3s2)C1.CC(C)(C)OC(=O)N1CCC[C@@H]1CS(=O)(=O)c1nc2ccccc2s1.CC(C)(C)OC(=O)N1CC[C@H](CS(=O)(=O)c2nc3ccccc3s2)C1.CCC(=O)N1CC[C@H](CS(=O)(=O)c2nc3ccccc3s2)C1.CCS(=O)(=O)N1CCC(CS(=O)(=O)c2nc3ccccc3s2)C1.O=C1CC[C@@H](CS(=O)(=O)c2nc3ccccc3s2)N1. The maximum Gasteiger partial charge on any atom is 0.410 e. The molecule has 0 radical (unpaired) electrons. The molecule has 33 nitrogen and oxygen atoms in total. The van der Waals surface area contributed by atoms with Crippen LogP contribution in [0.5, 0.6) is 0 Å². The Bertz CT molecular complexity index is 6990. The summed E-state index contributed by atoms with van der Waals surface area (Å²) >= 11 is 7.15. The highest BCUT2D eigenvalue weighted by Gasteiger charge is 2.41. The number of likely N-dealkylation sites (tertiary alicyclic amines) is 4. The minimum Gasteiger partial charge on any atom is -0.444 e. The first kappa shape index (κ1) is 104. The van der Waals surface area contributed by atoms with Crippen LogP contribution in [0.3, 0.4) is 0 Å². The maximum atomic E-state index is 12.8. The van der Waals surface area contributed by atoms with Crippen LogP contribution in [0.1, 0.15) is 120 Å². The molecule has 6 aromatic carbocycles. The summed E-state index contributed by atoms with van der Waals surface area (Å²) in [6.07, 6.45) is 4.76.